The van der Waals surface area contributed by atoms with Crippen molar-refractivity contribution in [3.8, 4) is 0 Å². The maximum atomic E-state index is 11.8. The molecule has 106 valence electrons. The van der Waals surface area contributed by atoms with E-state index in [1.807, 2.05) is 0 Å². The molecule has 0 fully saturated rings. The van der Waals surface area contributed by atoms with Crippen LogP contribution in [0.15, 0.2) is 10.7 Å². The zero-order valence-electron chi connectivity index (χ0n) is 11.7. The predicted molar refractivity (Wildman–Crippen MR) is 80.3 cm³/mol. The first-order valence-electron chi connectivity index (χ1n) is 6.19. The van der Waals surface area contributed by atoms with Crippen LogP contribution in [0.5, 0.6) is 0 Å². The Kier molecular flexibility index (Phi) is 6.01. The van der Waals surface area contributed by atoms with Gasteiger partial charge in [0.05, 0.1) is 4.47 Å². The van der Waals surface area contributed by atoms with Gasteiger partial charge in [-0.1, -0.05) is 6.92 Å². The van der Waals surface area contributed by atoms with E-state index in [4.69, 9.17) is 0 Å². The summed E-state index contributed by atoms with van der Waals surface area (Å²) in [6, 6.07) is -0.347. The standard InChI is InChI=1S/C12H20BrN5O/c1-5-6-14-12-15-7-9(13)10(17-12)16-8(2)11(19)18(3)4/h7-8H,5-6H2,1-4H3,(H2,14,15,16,17). The second kappa shape index (κ2) is 7.28. The van der Waals surface area contributed by atoms with Crippen LogP contribution >= 0.6 is 15.9 Å². The van der Waals surface area contributed by atoms with Crippen LogP contribution in [-0.4, -0.2) is 47.5 Å². The Morgan fingerprint density at radius 1 is 1.53 bits per heavy atom. The SMILES string of the molecule is CCCNc1ncc(Br)c(NC(C)C(=O)N(C)C)n1. The second-order valence-electron chi connectivity index (χ2n) is 4.42. The molecule has 6 nitrogen and oxygen atoms in total. The number of rotatable bonds is 6. The van der Waals surface area contributed by atoms with Crippen LogP contribution in [0.3, 0.4) is 0 Å². The number of carbonyl (C=O) groups excluding carboxylic acids is 1. The van der Waals surface area contributed by atoms with Gasteiger partial charge in [0, 0.05) is 26.8 Å². The molecular formula is C12H20BrN5O. The van der Waals surface area contributed by atoms with Crippen molar-refractivity contribution in [3.05, 3.63) is 10.7 Å². The highest BCUT2D eigenvalue weighted by Crippen LogP contribution is 2.21. The molecule has 0 aliphatic rings. The molecule has 0 radical (unpaired) electrons. The summed E-state index contributed by atoms with van der Waals surface area (Å²) in [5.74, 6) is 1.15. The fourth-order valence-corrected chi connectivity index (χ4v) is 1.75. The third-order valence-corrected chi connectivity index (χ3v) is 3.02. The van der Waals surface area contributed by atoms with Gasteiger partial charge in [-0.3, -0.25) is 4.79 Å². The van der Waals surface area contributed by atoms with E-state index in [-0.39, 0.29) is 11.9 Å². The largest absolute Gasteiger partial charge is 0.358 e. The Bertz CT molecular complexity index is 438. The zero-order valence-corrected chi connectivity index (χ0v) is 13.3. The third-order valence-electron chi connectivity index (χ3n) is 2.44. The van der Waals surface area contributed by atoms with E-state index >= 15 is 0 Å². The fourth-order valence-electron chi connectivity index (χ4n) is 1.44. The maximum absolute atomic E-state index is 11.8. The topological polar surface area (TPSA) is 70.2 Å². The quantitative estimate of drug-likeness (QED) is 0.834. The van der Waals surface area contributed by atoms with E-state index in [0.29, 0.717) is 11.8 Å². The van der Waals surface area contributed by atoms with Gasteiger partial charge < -0.3 is 15.5 Å². The molecule has 1 aromatic heterocycles. The normalized spacial score (nSPS) is 11.8. The van der Waals surface area contributed by atoms with Crippen molar-refractivity contribution in [1.29, 1.82) is 0 Å². The molecule has 0 spiro atoms. The minimum atomic E-state index is -0.347. The molecule has 0 aromatic carbocycles. The van der Waals surface area contributed by atoms with Crippen LogP contribution in [0.4, 0.5) is 11.8 Å². The van der Waals surface area contributed by atoms with E-state index in [1.165, 1.54) is 0 Å². The first-order chi connectivity index (χ1) is 8.95. The van der Waals surface area contributed by atoms with Gasteiger partial charge in [-0.2, -0.15) is 4.98 Å². The number of nitrogens with one attached hydrogen (secondary N) is 2. The molecule has 1 atom stereocenters. The van der Waals surface area contributed by atoms with E-state index < -0.39 is 0 Å². The van der Waals surface area contributed by atoms with Crippen molar-refractivity contribution in [2.45, 2.75) is 26.3 Å². The van der Waals surface area contributed by atoms with Crippen molar-refractivity contribution in [1.82, 2.24) is 14.9 Å². The van der Waals surface area contributed by atoms with Crippen molar-refractivity contribution < 1.29 is 4.79 Å². The highest BCUT2D eigenvalue weighted by molar-refractivity contribution is 9.10. The van der Waals surface area contributed by atoms with Gasteiger partial charge in [-0.15, -0.1) is 0 Å². The molecule has 0 bridgehead atoms. The first kappa shape index (κ1) is 15.7. The van der Waals surface area contributed by atoms with Crippen molar-refractivity contribution in [3.63, 3.8) is 0 Å². The highest BCUT2D eigenvalue weighted by Gasteiger charge is 2.16. The van der Waals surface area contributed by atoms with Gasteiger partial charge in [0.2, 0.25) is 11.9 Å². The lowest BCUT2D eigenvalue weighted by molar-refractivity contribution is -0.129. The smallest absolute Gasteiger partial charge is 0.244 e. The van der Waals surface area contributed by atoms with Gasteiger partial charge in [0.25, 0.3) is 0 Å². The fraction of sp³-hybridized carbons (Fsp3) is 0.583. The molecule has 7 heteroatoms. The van der Waals surface area contributed by atoms with Crippen molar-refractivity contribution >= 4 is 33.6 Å². The molecule has 1 rings (SSSR count). The van der Waals surface area contributed by atoms with Crippen LogP contribution in [0.1, 0.15) is 20.3 Å². The lowest BCUT2D eigenvalue weighted by Gasteiger charge is -2.19. The Labute approximate surface area is 122 Å². The van der Waals surface area contributed by atoms with Gasteiger partial charge in [-0.25, -0.2) is 4.98 Å². The number of anilines is 2. The van der Waals surface area contributed by atoms with Gasteiger partial charge >= 0.3 is 0 Å². The van der Waals surface area contributed by atoms with Crippen molar-refractivity contribution in [2.75, 3.05) is 31.3 Å². The Hall–Kier alpha value is -1.37. The summed E-state index contributed by atoms with van der Waals surface area (Å²) in [7, 11) is 3.45. The average molecular weight is 330 g/mol. The maximum Gasteiger partial charge on any atom is 0.244 e. The van der Waals surface area contributed by atoms with Crippen LogP contribution in [0.25, 0.3) is 0 Å². The van der Waals surface area contributed by atoms with Gasteiger partial charge in [0.1, 0.15) is 11.9 Å². The van der Waals surface area contributed by atoms with E-state index in [2.05, 4.69) is 43.5 Å². The van der Waals surface area contributed by atoms with Crippen LogP contribution < -0.4 is 10.6 Å². The first-order valence-corrected chi connectivity index (χ1v) is 6.99. The molecule has 0 saturated carbocycles. The number of aromatic nitrogens is 2. The summed E-state index contributed by atoms with van der Waals surface area (Å²) in [6.45, 7) is 4.69. The second-order valence-corrected chi connectivity index (χ2v) is 5.27. The summed E-state index contributed by atoms with van der Waals surface area (Å²) in [5, 5.41) is 6.19. The molecule has 2 N–H and O–H groups in total. The summed E-state index contributed by atoms with van der Waals surface area (Å²) in [6.07, 6.45) is 2.66. The number of carbonyl (C=O) groups is 1. The number of hydrogen-bond acceptors (Lipinski definition) is 5. The molecule has 1 unspecified atom stereocenters. The summed E-state index contributed by atoms with van der Waals surface area (Å²) in [5.41, 5.74) is 0. The highest BCUT2D eigenvalue weighted by atomic mass is 79.9. The minimum absolute atomic E-state index is 0.00594. The summed E-state index contributed by atoms with van der Waals surface area (Å²) in [4.78, 5) is 21.8. The molecule has 0 aliphatic heterocycles. The number of nitrogens with zero attached hydrogens (tertiary/aromatic N) is 3. The van der Waals surface area contributed by atoms with Crippen LogP contribution in [0, 0.1) is 0 Å². The molecule has 19 heavy (non-hydrogen) atoms. The predicted octanol–water partition coefficient (Wildman–Crippen LogP) is 1.95. The minimum Gasteiger partial charge on any atom is -0.358 e. The number of amides is 1. The van der Waals surface area contributed by atoms with E-state index in [9.17, 15) is 4.79 Å². The Morgan fingerprint density at radius 3 is 2.79 bits per heavy atom. The lowest BCUT2D eigenvalue weighted by Crippen LogP contribution is -2.37. The molecular weight excluding hydrogens is 310 g/mol. The third kappa shape index (κ3) is 4.66. The molecule has 1 amide bonds. The molecule has 1 heterocycles. The van der Waals surface area contributed by atoms with Gasteiger partial charge in [-0.05, 0) is 29.3 Å². The number of halogens is 1. The Balaban J connectivity index is 2.79. The van der Waals surface area contributed by atoms with Gasteiger partial charge in [0.15, 0.2) is 0 Å². The van der Waals surface area contributed by atoms with Crippen LogP contribution in [0.2, 0.25) is 0 Å². The summed E-state index contributed by atoms with van der Waals surface area (Å²) >= 11 is 3.37. The lowest BCUT2D eigenvalue weighted by atomic mass is 10.3. The summed E-state index contributed by atoms with van der Waals surface area (Å²) < 4.78 is 0.730. The van der Waals surface area contributed by atoms with Crippen molar-refractivity contribution in [2.24, 2.45) is 0 Å². The number of likely N-dealkylation sites (N-methyl/N-ethyl adjacent to an activating group) is 1. The van der Waals surface area contributed by atoms with E-state index in [0.717, 1.165) is 17.4 Å². The monoisotopic (exact) mass is 329 g/mol. The molecule has 1 aromatic rings. The average Bonchev–Trinajstić information content (AvgIpc) is 2.38. The number of hydrogen-bond donors (Lipinski definition) is 2. The molecule has 0 aliphatic carbocycles. The molecule has 0 saturated heterocycles. The Morgan fingerprint density at radius 2 is 2.21 bits per heavy atom. The zero-order chi connectivity index (χ0) is 14.4. The van der Waals surface area contributed by atoms with E-state index in [1.54, 1.807) is 32.1 Å². The van der Waals surface area contributed by atoms with Crippen LogP contribution in [-0.2, 0) is 4.79 Å².